The Morgan fingerprint density at radius 1 is 1.45 bits per heavy atom. The first-order valence-corrected chi connectivity index (χ1v) is 5.98. The third-order valence-electron chi connectivity index (χ3n) is 2.07. The molecule has 1 aromatic carbocycles. The highest BCUT2D eigenvalue weighted by atomic mass is 19.1. The van der Waals surface area contributed by atoms with Crippen LogP contribution in [0.4, 0.5) is 9.18 Å². The number of hydrogen-bond acceptors (Lipinski definition) is 3. The number of alkyl carbamates (subject to hydrolysis) is 1. The maximum absolute atomic E-state index is 13.3. The molecule has 1 rings (SSSR count). The summed E-state index contributed by atoms with van der Waals surface area (Å²) < 4.78 is 18.3. The van der Waals surface area contributed by atoms with E-state index in [0.717, 1.165) is 0 Å². The molecule has 20 heavy (non-hydrogen) atoms. The van der Waals surface area contributed by atoms with Crippen molar-refractivity contribution in [1.82, 2.24) is 5.32 Å². The average Bonchev–Trinajstić information content (AvgIpc) is 2.32. The van der Waals surface area contributed by atoms with Gasteiger partial charge >= 0.3 is 6.09 Å². The van der Waals surface area contributed by atoms with Gasteiger partial charge in [-0.3, -0.25) is 0 Å². The fraction of sp³-hybridized carbons (Fsp3) is 0.333. The van der Waals surface area contributed by atoms with Gasteiger partial charge in [0.2, 0.25) is 0 Å². The molecule has 0 aliphatic carbocycles. The van der Waals surface area contributed by atoms with Gasteiger partial charge in [0.15, 0.2) is 0 Å². The minimum Gasteiger partial charge on any atom is -0.444 e. The lowest BCUT2D eigenvalue weighted by Gasteiger charge is -2.19. The van der Waals surface area contributed by atoms with Gasteiger partial charge in [-0.25, -0.2) is 9.18 Å². The molecule has 0 heterocycles. The monoisotopic (exact) mass is 274 g/mol. The highest BCUT2D eigenvalue weighted by Crippen LogP contribution is 2.10. The number of ether oxygens (including phenoxy) is 1. The third-order valence-corrected chi connectivity index (χ3v) is 2.07. The summed E-state index contributed by atoms with van der Waals surface area (Å²) in [6, 6.07) is 5.97. The molecule has 1 N–H and O–H groups in total. The highest BCUT2D eigenvalue weighted by Gasteiger charge is 2.15. The van der Waals surface area contributed by atoms with Gasteiger partial charge in [-0.15, -0.1) is 0 Å². The SMILES string of the molecule is CC(C)(C)OC(=O)NCC#Cc1cccc(F)c1C#N. The second-order valence-corrected chi connectivity index (χ2v) is 4.93. The number of hydrogen-bond donors (Lipinski definition) is 1. The van der Waals surface area contributed by atoms with Crippen LogP contribution in [0.2, 0.25) is 0 Å². The number of amides is 1. The number of nitriles is 1. The van der Waals surface area contributed by atoms with Gasteiger partial charge in [-0.05, 0) is 32.9 Å². The maximum atomic E-state index is 13.3. The summed E-state index contributed by atoms with van der Waals surface area (Å²) in [5.74, 6) is 4.67. The molecule has 0 saturated heterocycles. The van der Waals surface area contributed by atoms with E-state index >= 15 is 0 Å². The molecule has 0 saturated carbocycles. The summed E-state index contributed by atoms with van der Waals surface area (Å²) in [5, 5.41) is 11.3. The Kier molecular flexibility index (Phi) is 5.11. The van der Waals surface area contributed by atoms with E-state index < -0.39 is 17.5 Å². The van der Waals surface area contributed by atoms with E-state index in [2.05, 4.69) is 17.2 Å². The molecule has 5 heteroatoms. The largest absolute Gasteiger partial charge is 0.444 e. The van der Waals surface area contributed by atoms with E-state index in [-0.39, 0.29) is 12.1 Å². The topological polar surface area (TPSA) is 62.1 Å². The van der Waals surface area contributed by atoms with E-state index in [4.69, 9.17) is 10.00 Å². The van der Waals surface area contributed by atoms with Crippen molar-refractivity contribution in [2.75, 3.05) is 6.54 Å². The number of benzene rings is 1. The standard InChI is InChI=1S/C15H15FN2O2/c1-15(2,3)20-14(19)18-9-5-7-11-6-4-8-13(16)12(11)10-17/h4,6,8H,9H2,1-3H3,(H,18,19). The van der Waals surface area contributed by atoms with Crippen molar-refractivity contribution in [3.8, 4) is 17.9 Å². The Bertz CT molecular complexity index is 601. The molecular weight excluding hydrogens is 259 g/mol. The first-order chi connectivity index (χ1) is 9.33. The van der Waals surface area contributed by atoms with Gasteiger partial charge in [0.1, 0.15) is 23.1 Å². The molecule has 0 spiro atoms. The summed E-state index contributed by atoms with van der Waals surface area (Å²) in [5.41, 5.74) is -0.385. The number of rotatable bonds is 1. The van der Waals surface area contributed by atoms with Crippen LogP contribution in [-0.2, 0) is 4.74 Å². The van der Waals surface area contributed by atoms with Gasteiger partial charge in [-0.2, -0.15) is 5.26 Å². The molecule has 0 aliphatic heterocycles. The highest BCUT2D eigenvalue weighted by molar-refractivity contribution is 5.68. The van der Waals surface area contributed by atoms with E-state index in [1.54, 1.807) is 32.9 Å². The molecule has 0 atom stereocenters. The molecule has 0 bridgehead atoms. The number of nitrogens with one attached hydrogen (secondary N) is 1. The first-order valence-electron chi connectivity index (χ1n) is 5.98. The van der Waals surface area contributed by atoms with E-state index in [1.807, 2.05) is 0 Å². The molecule has 0 fully saturated rings. The molecule has 0 aliphatic rings. The Hall–Kier alpha value is -2.53. The molecule has 104 valence electrons. The molecule has 0 radical (unpaired) electrons. The smallest absolute Gasteiger partial charge is 0.408 e. The fourth-order valence-electron chi connectivity index (χ4n) is 1.31. The third kappa shape index (κ3) is 4.99. The summed E-state index contributed by atoms with van der Waals surface area (Å²) in [6.45, 7) is 5.31. The lowest BCUT2D eigenvalue weighted by Crippen LogP contribution is -2.32. The van der Waals surface area contributed by atoms with Gasteiger partial charge < -0.3 is 10.1 Å². The van der Waals surface area contributed by atoms with Crippen molar-refractivity contribution in [3.05, 3.63) is 35.1 Å². The van der Waals surface area contributed by atoms with Crippen LogP contribution in [0.5, 0.6) is 0 Å². The van der Waals surface area contributed by atoms with Crippen LogP contribution in [0.25, 0.3) is 0 Å². The number of halogens is 1. The zero-order valence-corrected chi connectivity index (χ0v) is 11.6. The van der Waals surface area contributed by atoms with Gasteiger partial charge in [0.05, 0.1) is 6.54 Å². The second-order valence-electron chi connectivity index (χ2n) is 4.93. The van der Waals surface area contributed by atoms with Crippen molar-refractivity contribution >= 4 is 6.09 Å². The normalized spacial score (nSPS) is 9.95. The van der Waals surface area contributed by atoms with E-state index in [0.29, 0.717) is 5.56 Å². The molecule has 4 nitrogen and oxygen atoms in total. The summed E-state index contributed by atoms with van der Waals surface area (Å²) >= 11 is 0. The number of carbonyl (C=O) groups excluding carboxylic acids is 1. The van der Waals surface area contributed by atoms with Crippen molar-refractivity contribution in [2.24, 2.45) is 0 Å². The van der Waals surface area contributed by atoms with Crippen molar-refractivity contribution in [3.63, 3.8) is 0 Å². The van der Waals surface area contributed by atoms with E-state index in [1.165, 1.54) is 12.1 Å². The minimum absolute atomic E-state index is 0.0519. The Balaban J connectivity index is 2.63. The van der Waals surface area contributed by atoms with Crippen LogP contribution >= 0.6 is 0 Å². The van der Waals surface area contributed by atoms with Crippen LogP contribution in [0.1, 0.15) is 31.9 Å². The lowest BCUT2D eigenvalue weighted by molar-refractivity contribution is 0.0535. The average molecular weight is 274 g/mol. The number of carbonyl (C=O) groups is 1. The van der Waals surface area contributed by atoms with Crippen molar-refractivity contribution in [1.29, 1.82) is 5.26 Å². The number of nitrogens with zero attached hydrogens (tertiary/aromatic N) is 1. The first kappa shape index (κ1) is 15.5. The predicted molar refractivity (Wildman–Crippen MR) is 72.2 cm³/mol. The lowest BCUT2D eigenvalue weighted by atomic mass is 10.1. The Morgan fingerprint density at radius 3 is 2.75 bits per heavy atom. The Labute approximate surface area is 117 Å². The zero-order valence-electron chi connectivity index (χ0n) is 11.6. The van der Waals surface area contributed by atoms with Gasteiger partial charge in [0.25, 0.3) is 0 Å². The predicted octanol–water partition coefficient (Wildman–Crippen LogP) is 2.57. The van der Waals surface area contributed by atoms with Crippen LogP contribution in [-0.4, -0.2) is 18.2 Å². The van der Waals surface area contributed by atoms with Crippen LogP contribution in [0.3, 0.4) is 0 Å². The van der Waals surface area contributed by atoms with Crippen LogP contribution in [0.15, 0.2) is 18.2 Å². The quantitative estimate of drug-likeness (QED) is 0.801. The van der Waals surface area contributed by atoms with Crippen LogP contribution in [0, 0.1) is 29.0 Å². The zero-order chi connectivity index (χ0) is 15.2. The molecule has 1 amide bonds. The van der Waals surface area contributed by atoms with Gasteiger partial charge in [-0.1, -0.05) is 17.9 Å². The molecule has 0 unspecified atom stereocenters. The molecular formula is C15H15FN2O2. The Morgan fingerprint density at radius 2 is 2.15 bits per heavy atom. The summed E-state index contributed by atoms with van der Waals surface area (Å²) in [6.07, 6.45) is -0.577. The summed E-state index contributed by atoms with van der Waals surface area (Å²) in [4.78, 5) is 11.3. The van der Waals surface area contributed by atoms with Crippen molar-refractivity contribution in [2.45, 2.75) is 26.4 Å². The molecule has 1 aromatic rings. The van der Waals surface area contributed by atoms with Crippen LogP contribution < -0.4 is 5.32 Å². The van der Waals surface area contributed by atoms with E-state index in [9.17, 15) is 9.18 Å². The summed E-state index contributed by atoms with van der Waals surface area (Å²) in [7, 11) is 0. The van der Waals surface area contributed by atoms with Crippen molar-refractivity contribution < 1.29 is 13.9 Å². The van der Waals surface area contributed by atoms with Gasteiger partial charge in [0, 0.05) is 5.56 Å². The maximum Gasteiger partial charge on any atom is 0.408 e. The molecule has 0 aromatic heterocycles. The minimum atomic E-state index is -0.612. The second kappa shape index (κ2) is 6.58. The fourth-order valence-corrected chi connectivity index (χ4v) is 1.31.